The molecule has 1 atom stereocenters. The fraction of sp³-hybridized carbons (Fsp3) is 0.0411. The second-order valence-electron chi connectivity index (χ2n) is 19.9. The molecule has 77 heavy (non-hydrogen) atoms. The van der Waals surface area contributed by atoms with Crippen molar-refractivity contribution in [1.82, 2.24) is 0 Å². The smallest absolute Gasteiger partial charge is 0.0540 e. The highest BCUT2D eigenvalue weighted by molar-refractivity contribution is 6.07. The van der Waals surface area contributed by atoms with Crippen LogP contribution >= 0.6 is 0 Å². The Balaban J connectivity index is 0.942. The summed E-state index contributed by atoms with van der Waals surface area (Å²) in [4.78, 5) is 9.51. The lowest BCUT2D eigenvalue weighted by Crippen LogP contribution is -2.22. The molecule has 4 nitrogen and oxygen atoms in total. The van der Waals surface area contributed by atoms with Crippen molar-refractivity contribution in [2.75, 3.05) is 19.6 Å². The molecular weight excluding hydrogens is 933 g/mol. The summed E-state index contributed by atoms with van der Waals surface area (Å²) in [6.45, 7) is 0. The van der Waals surface area contributed by atoms with Crippen LogP contribution in [0.5, 0.6) is 0 Å². The van der Waals surface area contributed by atoms with E-state index in [1.165, 1.54) is 11.1 Å². The molecule has 0 fully saturated rings. The molecule has 368 valence electrons. The van der Waals surface area contributed by atoms with Gasteiger partial charge in [0.2, 0.25) is 0 Å². The lowest BCUT2D eigenvalue weighted by molar-refractivity contribution is 0.614. The molecule has 0 aromatic heterocycles. The maximum absolute atomic E-state index is 2.45. The van der Waals surface area contributed by atoms with Crippen LogP contribution < -0.4 is 19.6 Å². The number of para-hydroxylation sites is 3. The average Bonchev–Trinajstić information content (AvgIpc) is 3.50. The second-order valence-corrected chi connectivity index (χ2v) is 19.9. The normalized spacial score (nSPS) is 15.6. The van der Waals surface area contributed by atoms with Crippen molar-refractivity contribution in [3.8, 4) is 0 Å². The van der Waals surface area contributed by atoms with E-state index < -0.39 is 0 Å². The van der Waals surface area contributed by atoms with Crippen molar-refractivity contribution in [3.63, 3.8) is 0 Å². The van der Waals surface area contributed by atoms with Crippen molar-refractivity contribution < 1.29 is 0 Å². The zero-order valence-corrected chi connectivity index (χ0v) is 42.7. The van der Waals surface area contributed by atoms with Crippen molar-refractivity contribution in [2.24, 2.45) is 5.41 Å². The van der Waals surface area contributed by atoms with Gasteiger partial charge in [0, 0.05) is 73.1 Å². The minimum Gasteiger partial charge on any atom is -0.311 e. The van der Waals surface area contributed by atoms with Crippen molar-refractivity contribution in [3.05, 3.63) is 325 Å². The van der Waals surface area contributed by atoms with Crippen molar-refractivity contribution >= 4 is 91.6 Å². The zero-order chi connectivity index (χ0) is 51.4. The molecule has 0 radical (unpaired) electrons. The van der Waals surface area contributed by atoms with E-state index in [1.54, 1.807) is 0 Å². The number of allylic oxidation sites excluding steroid dienone is 8. The monoisotopic (exact) mass is 988 g/mol. The molecule has 10 aromatic carbocycles. The van der Waals surface area contributed by atoms with Crippen LogP contribution in [0.4, 0.5) is 62.6 Å². The summed E-state index contributed by atoms with van der Waals surface area (Å²) < 4.78 is 0. The van der Waals surface area contributed by atoms with Gasteiger partial charge in [0.05, 0.1) is 11.4 Å². The van der Waals surface area contributed by atoms with Gasteiger partial charge in [-0.3, -0.25) is 0 Å². The summed E-state index contributed by atoms with van der Waals surface area (Å²) in [5.74, 6) is 0. The van der Waals surface area contributed by atoms with Crippen LogP contribution in [-0.2, 0) is 0 Å². The molecule has 7 bridgehead atoms. The summed E-state index contributed by atoms with van der Waals surface area (Å²) in [5, 5.41) is 2.26. The first-order valence-corrected chi connectivity index (χ1v) is 26.6. The number of hydrogen-bond donors (Lipinski definition) is 0. The first-order valence-electron chi connectivity index (χ1n) is 26.6. The van der Waals surface area contributed by atoms with Crippen LogP contribution in [0.25, 0.3) is 29.0 Å². The predicted molar refractivity (Wildman–Crippen MR) is 327 cm³/mol. The maximum Gasteiger partial charge on any atom is 0.0540 e. The number of nitrogens with zero attached hydrogens (tertiary/aromatic N) is 4. The molecule has 1 spiro atoms. The Labute approximate surface area is 452 Å². The third-order valence-electron chi connectivity index (χ3n) is 14.9. The molecule has 0 saturated carbocycles. The number of rotatable bonds is 10. The van der Waals surface area contributed by atoms with Gasteiger partial charge < -0.3 is 19.6 Å². The van der Waals surface area contributed by atoms with Gasteiger partial charge in [0.1, 0.15) is 0 Å². The zero-order valence-electron chi connectivity index (χ0n) is 42.7. The van der Waals surface area contributed by atoms with E-state index in [1.807, 2.05) is 0 Å². The van der Waals surface area contributed by atoms with Crippen LogP contribution in [-0.4, -0.2) is 0 Å². The van der Waals surface area contributed by atoms with Crippen LogP contribution in [0, 0.1) is 5.41 Å². The molecule has 2 aliphatic carbocycles. The van der Waals surface area contributed by atoms with E-state index in [4.69, 9.17) is 0 Å². The van der Waals surface area contributed by atoms with Gasteiger partial charge in [-0.15, -0.1) is 0 Å². The standard InChI is InChI=1S/C73H56N4/c1-5-16-55(17-6-1)29-30-56-33-37-64(38-34-56)76(66-45-41-62(42-46-66)74(59-19-7-2-8-20-59)60-21-9-3-10-22-60)71-27-13-26-70-69(71)25-14-28-72(70)77-65-39-35-57(36-40-65)31-32-58-18-15-51-73(54-58)52-49-68(50-53-73)75(61-23-11-4-12-24-61)63-43-47-67(77)48-44-63/h1-17,19-52,54H,18,53H2. The molecule has 5 aliphatic heterocycles. The summed E-state index contributed by atoms with van der Waals surface area (Å²) >= 11 is 0. The van der Waals surface area contributed by atoms with E-state index in [9.17, 15) is 0 Å². The largest absolute Gasteiger partial charge is 0.311 e. The van der Waals surface area contributed by atoms with Gasteiger partial charge >= 0.3 is 0 Å². The summed E-state index contributed by atoms with van der Waals surface area (Å²) in [7, 11) is 0. The highest BCUT2D eigenvalue weighted by atomic mass is 15.2. The Bertz CT molecular complexity index is 3840. The Morgan fingerprint density at radius 3 is 1.51 bits per heavy atom. The molecule has 0 amide bonds. The Kier molecular flexibility index (Phi) is 12.6. The maximum atomic E-state index is 2.45. The van der Waals surface area contributed by atoms with Crippen LogP contribution in [0.3, 0.4) is 0 Å². The number of hydrogen-bond acceptors (Lipinski definition) is 4. The van der Waals surface area contributed by atoms with Gasteiger partial charge in [-0.05, 0) is 163 Å². The molecule has 0 N–H and O–H groups in total. The fourth-order valence-corrected chi connectivity index (χ4v) is 11.1. The van der Waals surface area contributed by atoms with Gasteiger partial charge in [0.25, 0.3) is 0 Å². The van der Waals surface area contributed by atoms with Crippen LogP contribution in [0.15, 0.2) is 309 Å². The number of benzene rings is 10. The molecule has 17 rings (SSSR count). The molecule has 10 aromatic rings. The van der Waals surface area contributed by atoms with E-state index in [0.717, 1.165) is 103 Å². The van der Waals surface area contributed by atoms with Gasteiger partial charge in [0.15, 0.2) is 0 Å². The topological polar surface area (TPSA) is 13.0 Å². The quantitative estimate of drug-likeness (QED) is 0.1000. The average molecular weight is 989 g/mol. The molecule has 0 saturated heterocycles. The van der Waals surface area contributed by atoms with Gasteiger partial charge in [-0.2, -0.15) is 0 Å². The van der Waals surface area contributed by atoms with Crippen molar-refractivity contribution in [1.29, 1.82) is 0 Å². The molecule has 4 heteroatoms. The Hall–Kier alpha value is -9.90. The number of anilines is 11. The molecular formula is C73H56N4. The lowest BCUT2D eigenvalue weighted by Gasteiger charge is -2.34. The SMILES string of the molecule is C1=CC23C=CC(=CC2)N(c2ccccc2)c2ccc(cc2)N(c2cccc4c(N(c5ccc(C=Cc6ccccc6)cc5)c5ccc(N(c6ccccc6)c6ccccc6)cc5)cccc24)c2ccc(cc2)C=CC(=C3)C1. The lowest BCUT2D eigenvalue weighted by atomic mass is 9.76. The third kappa shape index (κ3) is 9.61. The molecule has 5 heterocycles. The first-order chi connectivity index (χ1) is 38.1. The van der Waals surface area contributed by atoms with E-state index in [0.29, 0.717) is 0 Å². The van der Waals surface area contributed by atoms with Gasteiger partial charge in [-0.1, -0.05) is 188 Å². The Morgan fingerprint density at radius 2 is 0.883 bits per heavy atom. The Morgan fingerprint density at radius 1 is 0.377 bits per heavy atom. The molecule has 1 unspecified atom stereocenters. The highest BCUT2D eigenvalue weighted by Crippen LogP contribution is 2.47. The summed E-state index contributed by atoms with van der Waals surface area (Å²) in [6.07, 6.45) is 24.9. The minimum absolute atomic E-state index is 0.138. The minimum atomic E-state index is -0.138. The fourth-order valence-electron chi connectivity index (χ4n) is 11.1. The predicted octanol–water partition coefficient (Wildman–Crippen LogP) is 20.3. The van der Waals surface area contributed by atoms with Crippen LogP contribution in [0.2, 0.25) is 0 Å². The second kappa shape index (κ2) is 20.8. The summed E-state index contributed by atoms with van der Waals surface area (Å²) in [6, 6.07) is 91.8. The first kappa shape index (κ1) is 46.9. The number of fused-ring (bicyclic) bond motifs is 2. The molecule has 7 aliphatic rings. The van der Waals surface area contributed by atoms with Crippen LogP contribution in [0.1, 0.15) is 29.5 Å². The highest BCUT2D eigenvalue weighted by Gasteiger charge is 2.28. The van der Waals surface area contributed by atoms with E-state index >= 15 is 0 Å². The summed E-state index contributed by atoms with van der Waals surface area (Å²) in [5.41, 5.74) is 17.7. The van der Waals surface area contributed by atoms with E-state index in [-0.39, 0.29) is 5.41 Å². The third-order valence-corrected chi connectivity index (χ3v) is 14.9. The van der Waals surface area contributed by atoms with E-state index in [2.05, 4.69) is 335 Å². The van der Waals surface area contributed by atoms with Crippen molar-refractivity contribution in [2.45, 2.75) is 12.8 Å². The van der Waals surface area contributed by atoms with Gasteiger partial charge in [-0.25, -0.2) is 0 Å².